The van der Waals surface area contributed by atoms with Crippen molar-refractivity contribution in [1.82, 2.24) is 4.90 Å². The quantitative estimate of drug-likeness (QED) is 0.552. The molecule has 0 saturated heterocycles. The van der Waals surface area contributed by atoms with Crippen molar-refractivity contribution >= 4 is 34.7 Å². The number of carbonyl (C=O) groups is 2. The summed E-state index contributed by atoms with van der Waals surface area (Å²) < 4.78 is 15.9. The van der Waals surface area contributed by atoms with Crippen LogP contribution >= 0.6 is 11.6 Å². The number of nitrogens with zero attached hydrogens (tertiary/aromatic N) is 1. The Morgan fingerprint density at radius 1 is 0.968 bits per heavy atom. The Morgan fingerprint density at radius 2 is 1.74 bits per heavy atom. The van der Waals surface area contributed by atoms with Crippen LogP contribution in [0, 0.1) is 0 Å². The van der Waals surface area contributed by atoms with E-state index >= 15 is 0 Å². The number of amides is 2. The number of carbonyl (C=O) groups excluding carboxylic acids is 2. The van der Waals surface area contributed by atoms with Crippen LogP contribution in [0.2, 0.25) is 5.02 Å². The first-order valence-electron chi connectivity index (χ1n) is 9.40. The van der Waals surface area contributed by atoms with Gasteiger partial charge in [-0.2, -0.15) is 0 Å². The molecule has 3 aromatic rings. The maximum absolute atomic E-state index is 13.3. The molecule has 1 aliphatic rings. The fourth-order valence-corrected chi connectivity index (χ4v) is 3.64. The summed E-state index contributed by atoms with van der Waals surface area (Å²) in [6.07, 6.45) is 1.49. The van der Waals surface area contributed by atoms with Gasteiger partial charge < -0.3 is 19.2 Å². The molecule has 31 heavy (non-hydrogen) atoms. The molecule has 8 heteroatoms. The van der Waals surface area contributed by atoms with Crippen molar-refractivity contribution in [3.8, 4) is 11.5 Å². The molecule has 0 spiro atoms. The minimum absolute atomic E-state index is 0.0118. The molecule has 158 valence electrons. The Balaban J connectivity index is 1.79. The Bertz CT molecular complexity index is 1170. The molecule has 4 rings (SSSR count). The van der Waals surface area contributed by atoms with E-state index in [1.165, 1.54) is 20.5 Å². The van der Waals surface area contributed by atoms with Gasteiger partial charge in [-0.25, -0.2) is 0 Å². The van der Waals surface area contributed by atoms with Gasteiger partial charge in [-0.3, -0.25) is 14.5 Å². The number of furan rings is 1. The van der Waals surface area contributed by atoms with Crippen LogP contribution in [0.15, 0.2) is 71.0 Å². The average molecular weight is 439 g/mol. The van der Waals surface area contributed by atoms with E-state index in [0.717, 1.165) is 4.90 Å². The molecule has 0 saturated carbocycles. The summed E-state index contributed by atoms with van der Waals surface area (Å²) >= 11 is 6.23. The van der Waals surface area contributed by atoms with E-state index in [1.54, 1.807) is 54.6 Å². The lowest BCUT2D eigenvalue weighted by atomic mass is 10.0. The number of benzene rings is 2. The van der Waals surface area contributed by atoms with Crippen molar-refractivity contribution in [2.75, 3.05) is 19.5 Å². The zero-order valence-electron chi connectivity index (χ0n) is 16.8. The molecule has 1 N–H and O–H groups in total. The predicted molar refractivity (Wildman–Crippen MR) is 116 cm³/mol. The van der Waals surface area contributed by atoms with Gasteiger partial charge in [-0.05, 0) is 36.4 Å². The van der Waals surface area contributed by atoms with Crippen LogP contribution in [0.5, 0.6) is 11.5 Å². The number of ether oxygens (including phenoxy) is 2. The molecular formula is C23H19ClN2O5. The first-order chi connectivity index (χ1) is 15.0. The van der Waals surface area contributed by atoms with Crippen molar-refractivity contribution in [2.24, 2.45) is 0 Å². The van der Waals surface area contributed by atoms with Crippen molar-refractivity contribution in [1.29, 1.82) is 0 Å². The fourth-order valence-electron chi connectivity index (χ4n) is 3.38. The van der Waals surface area contributed by atoms with E-state index in [1.807, 2.05) is 0 Å². The first kappa shape index (κ1) is 20.6. The number of halogens is 1. The zero-order valence-corrected chi connectivity index (χ0v) is 17.6. The fraction of sp³-hybridized carbons (Fsp3) is 0.130. The molecule has 2 aromatic carbocycles. The standard InChI is InChI=1S/C23H19ClN2O5/c1-29-18-8-4-3-7-16(18)20-21(25-14-9-10-19(30-2)17(24)12-14)23(28)26(22(20)27)13-15-6-5-11-31-15/h3-12,25H,13H2,1-2H3. The van der Waals surface area contributed by atoms with Gasteiger partial charge in [0.2, 0.25) is 0 Å². The van der Waals surface area contributed by atoms with Crippen LogP contribution in [0.25, 0.3) is 5.57 Å². The molecule has 0 fully saturated rings. The SMILES string of the molecule is COc1ccc(NC2=C(c3ccccc3OC)C(=O)N(Cc3ccco3)C2=O)cc1Cl. The molecule has 2 amide bonds. The third kappa shape index (κ3) is 3.87. The molecular weight excluding hydrogens is 420 g/mol. The lowest BCUT2D eigenvalue weighted by molar-refractivity contribution is -0.137. The van der Waals surface area contributed by atoms with Gasteiger partial charge in [0.15, 0.2) is 0 Å². The summed E-state index contributed by atoms with van der Waals surface area (Å²) in [6.45, 7) is 0.0118. The van der Waals surface area contributed by atoms with Crippen LogP contribution < -0.4 is 14.8 Å². The van der Waals surface area contributed by atoms with Crippen LogP contribution in [0.4, 0.5) is 5.69 Å². The minimum atomic E-state index is -0.478. The van der Waals surface area contributed by atoms with E-state index in [4.69, 9.17) is 25.5 Å². The molecule has 7 nitrogen and oxygen atoms in total. The van der Waals surface area contributed by atoms with Crippen LogP contribution in [0.3, 0.4) is 0 Å². The predicted octanol–water partition coefficient (Wildman–Crippen LogP) is 4.34. The second-order valence-electron chi connectivity index (χ2n) is 6.70. The topological polar surface area (TPSA) is 81.0 Å². The molecule has 1 aliphatic heterocycles. The zero-order chi connectivity index (χ0) is 22.0. The molecule has 0 aliphatic carbocycles. The number of imide groups is 1. The Morgan fingerprint density at radius 3 is 2.42 bits per heavy atom. The molecule has 0 unspecified atom stereocenters. The molecule has 1 aromatic heterocycles. The van der Waals surface area contributed by atoms with E-state index in [9.17, 15) is 9.59 Å². The maximum Gasteiger partial charge on any atom is 0.278 e. The second-order valence-corrected chi connectivity index (χ2v) is 7.11. The van der Waals surface area contributed by atoms with Crippen LogP contribution in [-0.4, -0.2) is 30.9 Å². The van der Waals surface area contributed by atoms with E-state index in [2.05, 4.69) is 5.32 Å². The van der Waals surface area contributed by atoms with Crippen molar-refractivity contribution in [2.45, 2.75) is 6.54 Å². The van der Waals surface area contributed by atoms with Gasteiger partial charge in [0.25, 0.3) is 11.8 Å². The maximum atomic E-state index is 13.3. The van der Waals surface area contributed by atoms with Crippen molar-refractivity contribution in [3.05, 3.63) is 82.9 Å². The van der Waals surface area contributed by atoms with E-state index in [-0.39, 0.29) is 17.8 Å². The third-order valence-electron chi connectivity index (χ3n) is 4.86. The third-order valence-corrected chi connectivity index (χ3v) is 5.15. The first-order valence-corrected chi connectivity index (χ1v) is 9.78. The van der Waals surface area contributed by atoms with E-state index in [0.29, 0.717) is 33.5 Å². The highest BCUT2D eigenvalue weighted by Gasteiger charge is 2.40. The number of nitrogens with one attached hydrogen (secondary N) is 1. The smallest absolute Gasteiger partial charge is 0.278 e. The monoisotopic (exact) mass is 438 g/mol. The van der Waals surface area contributed by atoms with Crippen LogP contribution in [-0.2, 0) is 16.1 Å². The summed E-state index contributed by atoms with van der Waals surface area (Å²) in [7, 11) is 3.03. The summed E-state index contributed by atoms with van der Waals surface area (Å²) in [5.41, 5.74) is 1.38. The largest absolute Gasteiger partial charge is 0.496 e. The van der Waals surface area contributed by atoms with Crippen molar-refractivity contribution < 1.29 is 23.5 Å². The Kier molecular flexibility index (Phi) is 5.68. The van der Waals surface area contributed by atoms with Crippen LogP contribution in [0.1, 0.15) is 11.3 Å². The second kappa shape index (κ2) is 8.57. The number of anilines is 1. The lowest BCUT2D eigenvalue weighted by Gasteiger charge is -2.14. The van der Waals surface area contributed by atoms with Gasteiger partial charge in [0, 0.05) is 11.3 Å². The summed E-state index contributed by atoms with van der Waals surface area (Å²) in [4.78, 5) is 27.8. The van der Waals surface area contributed by atoms with Gasteiger partial charge in [0.05, 0.1) is 37.6 Å². The minimum Gasteiger partial charge on any atom is -0.496 e. The number of rotatable bonds is 7. The highest BCUT2D eigenvalue weighted by atomic mass is 35.5. The number of hydrogen-bond donors (Lipinski definition) is 1. The van der Waals surface area contributed by atoms with Gasteiger partial charge in [-0.1, -0.05) is 29.8 Å². The summed E-state index contributed by atoms with van der Waals surface area (Å²) in [5, 5.41) is 3.44. The van der Waals surface area contributed by atoms with Crippen molar-refractivity contribution in [3.63, 3.8) is 0 Å². The number of para-hydroxylation sites is 1. The summed E-state index contributed by atoms with van der Waals surface area (Å²) in [5.74, 6) is 0.544. The summed E-state index contributed by atoms with van der Waals surface area (Å²) in [6, 6.07) is 15.5. The lowest BCUT2D eigenvalue weighted by Crippen LogP contribution is -2.31. The van der Waals surface area contributed by atoms with Gasteiger partial charge >= 0.3 is 0 Å². The molecule has 0 atom stereocenters. The highest BCUT2D eigenvalue weighted by Crippen LogP contribution is 2.36. The molecule has 2 heterocycles. The number of methoxy groups -OCH3 is 2. The van der Waals surface area contributed by atoms with E-state index < -0.39 is 11.8 Å². The highest BCUT2D eigenvalue weighted by molar-refractivity contribution is 6.37. The normalized spacial score (nSPS) is 13.7. The average Bonchev–Trinajstić information content (AvgIpc) is 3.37. The Labute approximate surface area is 183 Å². The molecule has 0 radical (unpaired) electrons. The van der Waals surface area contributed by atoms with Gasteiger partial charge in [0.1, 0.15) is 23.0 Å². The number of hydrogen-bond acceptors (Lipinski definition) is 6. The Hall–Kier alpha value is -3.71. The van der Waals surface area contributed by atoms with Gasteiger partial charge in [-0.15, -0.1) is 0 Å². The molecule has 0 bridgehead atoms.